The molecule has 16 heavy (non-hydrogen) atoms. The summed E-state index contributed by atoms with van der Waals surface area (Å²) >= 11 is 0. The quantitative estimate of drug-likeness (QED) is 0.856. The van der Waals surface area contributed by atoms with Crippen molar-refractivity contribution >= 4 is 9.84 Å². The van der Waals surface area contributed by atoms with E-state index in [1.165, 1.54) is 0 Å². The van der Waals surface area contributed by atoms with Crippen LogP contribution in [0, 0.1) is 0 Å². The predicted octanol–water partition coefficient (Wildman–Crippen LogP) is 1.90. The van der Waals surface area contributed by atoms with E-state index < -0.39 is 15.1 Å². The Hall–Kier alpha value is -0.870. The Kier molecular flexibility index (Phi) is 4.50. The minimum absolute atomic E-state index is 0.382. The largest absolute Gasteiger partial charge is 0.330 e. The minimum atomic E-state index is -3.13. The highest BCUT2D eigenvalue weighted by molar-refractivity contribution is 7.92. The molecule has 3 nitrogen and oxygen atoms in total. The summed E-state index contributed by atoms with van der Waals surface area (Å²) in [6.07, 6.45) is 0.513. The molecule has 0 aromatic heterocycles. The Morgan fingerprint density at radius 3 is 2.25 bits per heavy atom. The lowest BCUT2D eigenvalue weighted by atomic mass is 10.2. The first-order valence-electron chi connectivity index (χ1n) is 5.48. The van der Waals surface area contributed by atoms with Crippen LogP contribution in [0.1, 0.15) is 31.1 Å². The molecule has 1 rings (SSSR count). The maximum atomic E-state index is 12.2. The fourth-order valence-corrected chi connectivity index (χ4v) is 3.36. The molecule has 4 heteroatoms. The van der Waals surface area contributed by atoms with Gasteiger partial charge in [0.25, 0.3) is 0 Å². The first-order valence-corrected chi connectivity index (χ1v) is 7.08. The van der Waals surface area contributed by atoms with Gasteiger partial charge in [-0.3, -0.25) is 0 Å². The van der Waals surface area contributed by atoms with Gasteiger partial charge < -0.3 is 5.73 Å². The maximum absolute atomic E-state index is 12.2. The van der Waals surface area contributed by atoms with Crippen LogP contribution in [-0.2, 0) is 9.84 Å². The molecule has 0 amide bonds. The van der Waals surface area contributed by atoms with E-state index in [-0.39, 0.29) is 5.25 Å². The van der Waals surface area contributed by atoms with Crippen molar-refractivity contribution < 1.29 is 8.42 Å². The number of benzene rings is 1. The Morgan fingerprint density at radius 1 is 1.19 bits per heavy atom. The van der Waals surface area contributed by atoms with Crippen molar-refractivity contribution in [3.8, 4) is 0 Å². The van der Waals surface area contributed by atoms with Crippen molar-refractivity contribution in [1.82, 2.24) is 0 Å². The Balaban J connectivity index is 2.93. The molecule has 0 radical (unpaired) electrons. The summed E-state index contributed by atoms with van der Waals surface area (Å²) in [6.45, 7) is 3.86. The van der Waals surface area contributed by atoms with Crippen molar-refractivity contribution in [3.63, 3.8) is 0 Å². The molecule has 2 unspecified atom stereocenters. The molecule has 0 saturated carbocycles. The second-order valence-corrected chi connectivity index (χ2v) is 6.72. The first kappa shape index (κ1) is 13.2. The van der Waals surface area contributed by atoms with Crippen LogP contribution in [0.4, 0.5) is 0 Å². The van der Waals surface area contributed by atoms with Crippen LogP contribution in [0.5, 0.6) is 0 Å². The fraction of sp³-hybridized carbons (Fsp3) is 0.500. The van der Waals surface area contributed by atoms with Crippen LogP contribution >= 0.6 is 0 Å². The topological polar surface area (TPSA) is 60.2 Å². The van der Waals surface area contributed by atoms with E-state index in [9.17, 15) is 8.42 Å². The number of sulfone groups is 1. The van der Waals surface area contributed by atoms with Crippen LogP contribution in [0.25, 0.3) is 0 Å². The monoisotopic (exact) mass is 241 g/mol. The number of hydrogen-bond donors (Lipinski definition) is 1. The standard InChI is InChI=1S/C12H19NO2S/c1-10(8-9-13)16(14,15)11(2)12-6-4-3-5-7-12/h3-7,10-11H,8-9,13H2,1-2H3. The molecule has 0 bridgehead atoms. The lowest BCUT2D eigenvalue weighted by Crippen LogP contribution is -2.25. The lowest BCUT2D eigenvalue weighted by molar-refractivity contribution is 0.568. The average Bonchev–Trinajstić information content (AvgIpc) is 2.29. The molecule has 0 saturated heterocycles. The van der Waals surface area contributed by atoms with Gasteiger partial charge in [-0.05, 0) is 32.4 Å². The summed E-state index contributed by atoms with van der Waals surface area (Å²) in [5.41, 5.74) is 6.24. The summed E-state index contributed by atoms with van der Waals surface area (Å²) in [4.78, 5) is 0. The summed E-state index contributed by atoms with van der Waals surface area (Å²) in [5.74, 6) is 0. The van der Waals surface area contributed by atoms with Crippen molar-refractivity contribution in [2.45, 2.75) is 30.8 Å². The van der Waals surface area contributed by atoms with Crippen molar-refractivity contribution in [1.29, 1.82) is 0 Å². The Labute approximate surface area is 97.6 Å². The highest BCUT2D eigenvalue weighted by Gasteiger charge is 2.28. The smallest absolute Gasteiger partial charge is 0.159 e. The van der Waals surface area contributed by atoms with Gasteiger partial charge in [-0.1, -0.05) is 30.3 Å². The van der Waals surface area contributed by atoms with Crippen molar-refractivity contribution in [2.75, 3.05) is 6.54 Å². The van der Waals surface area contributed by atoms with E-state index >= 15 is 0 Å². The first-order chi connectivity index (χ1) is 7.50. The van der Waals surface area contributed by atoms with Gasteiger partial charge in [-0.15, -0.1) is 0 Å². The molecular weight excluding hydrogens is 222 g/mol. The summed E-state index contributed by atoms with van der Waals surface area (Å²) in [7, 11) is -3.13. The molecule has 90 valence electrons. The number of hydrogen-bond acceptors (Lipinski definition) is 3. The third-order valence-corrected chi connectivity index (χ3v) is 5.51. The van der Waals surface area contributed by atoms with Gasteiger partial charge >= 0.3 is 0 Å². The zero-order chi connectivity index (χ0) is 12.2. The number of rotatable bonds is 5. The van der Waals surface area contributed by atoms with Gasteiger partial charge in [-0.2, -0.15) is 0 Å². The molecule has 2 N–H and O–H groups in total. The Bertz CT molecular complexity index is 414. The molecule has 0 heterocycles. The highest BCUT2D eigenvalue weighted by Crippen LogP contribution is 2.26. The van der Waals surface area contributed by atoms with Gasteiger partial charge in [0.1, 0.15) is 0 Å². The molecule has 0 aliphatic rings. The zero-order valence-corrected chi connectivity index (χ0v) is 10.6. The molecule has 1 aromatic rings. The summed E-state index contributed by atoms with van der Waals surface area (Å²) in [6, 6.07) is 9.28. The third kappa shape index (κ3) is 2.83. The Morgan fingerprint density at radius 2 is 1.75 bits per heavy atom. The van der Waals surface area contributed by atoms with Crippen LogP contribution in [0.2, 0.25) is 0 Å². The maximum Gasteiger partial charge on any atom is 0.159 e. The van der Waals surface area contributed by atoms with E-state index in [0.717, 1.165) is 5.56 Å². The number of nitrogens with two attached hydrogens (primary N) is 1. The van der Waals surface area contributed by atoms with Gasteiger partial charge in [0.05, 0.1) is 10.5 Å². The molecule has 0 aliphatic heterocycles. The van der Waals surface area contributed by atoms with E-state index in [2.05, 4.69) is 0 Å². The molecule has 0 spiro atoms. The second-order valence-electron chi connectivity index (χ2n) is 4.03. The second kappa shape index (κ2) is 5.46. The lowest BCUT2D eigenvalue weighted by Gasteiger charge is -2.18. The van der Waals surface area contributed by atoms with E-state index in [1.807, 2.05) is 30.3 Å². The van der Waals surface area contributed by atoms with Crippen molar-refractivity contribution in [3.05, 3.63) is 35.9 Å². The minimum Gasteiger partial charge on any atom is -0.330 e. The molecule has 2 atom stereocenters. The normalized spacial score (nSPS) is 15.7. The molecule has 0 fully saturated rings. The van der Waals surface area contributed by atoms with E-state index in [1.54, 1.807) is 13.8 Å². The van der Waals surface area contributed by atoms with Gasteiger partial charge in [0, 0.05) is 0 Å². The SMILES string of the molecule is CC(CCN)S(=O)(=O)C(C)c1ccccc1. The van der Waals surface area contributed by atoms with E-state index in [4.69, 9.17) is 5.73 Å². The fourth-order valence-electron chi connectivity index (χ4n) is 1.66. The van der Waals surface area contributed by atoms with Crippen LogP contribution in [0.3, 0.4) is 0 Å². The zero-order valence-electron chi connectivity index (χ0n) is 9.76. The van der Waals surface area contributed by atoms with E-state index in [0.29, 0.717) is 13.0 Å². The predicted molar refractivity (Wildman–Crippen MR) is 66.9 cm³/mol. The highest BCUT2D eigenvalue weighted by atomic mass is 32.2. The van der Waals surface area contributed by atoms with Crippen molar-refractivity contribution in [2.24, 2.45) is 5.73 Å². The molecule has 1 aromatic carbocycles. The molecular formula is C12H19NO2S. The van der Waals surface area contributed by atoms with Crippen LogP contribution in [-0.4, -0.2) is 20.2 Å². The third-order valence-electron chi connectivity index (χ3n) is 2.90. The van der Waals surface area contributed by atoms with Gasteiger partial charge in [0.15, 0.2) is 9.84 Å². The summed E-state index contributed by atoms with van der Waals surface area (Å²) in [5, 5.41) is -0.844. The average molecular weight is 241 g/mol. The van der Waals surface area contributed by atoms with Crippen LogP contribution < -0.4 is 5.73 Å². The van der Waals surface area contributed by atoms with Gasteiger partial charge in [-0.25, -0.2) is 8.42 Å². The van der Waals surface area contributed by atoms with Crippen LogP contribution in [0.15, 0.2) is 30.3 Å². The molecule has 0 aliphatic carbocycles. The summed E-state index contributed by atoms with van der Waals surface area (Å²) < 4.78 is 24.3. The van der Waals surface area contributed by atoms with Gasteiger partial charge in [0.2, 0.25) is 0 Å².